The summed E-state index contributed by atoms with van der Waals surface area (Å²) >= 11 is 0. The fourth-order valence-electron chi connectivity index (χ4n) is 3.20. The molecule has 1 aromatic heterocycles. The Morgan fingerprint density at radius 3 is 2.54 bits per heavy atom. The molecule has 2 heterocycles. The third-order valence-electron chi connectivity index (χ3n) is 4.69. The van der Waals surface area contributed by atoms with E-state index in [1.54, 1.807) is 36.5 Å². The zero-order valence-electron chi connectivity index (χ0n) is 14.6. The number of amides is 1. The van der Waals surface area contributed by atoms with Crippen LogP contribution < -0.4 is 5.32 Å². The van der Waals surface area contributed by atoms with E-state index in [9.17, 15) is 13.2 Å². The Balaban J connectivity index is 1.82. The topological polar surface area (TPSA) is 101 Å². The maximum atomic E-state index is 12.9. The molecule has 0 spiro atoms. The first kappa shape index (κ1) is 18.6. The Kier molecular flexibility index (Phi) is 5.73. The lowest BCUT2D eigenvalue weighted by Crippen LogP contribution is -2.26. The van der Waals surface area contributed by atoms with Crippen LogP contribution in [-0.4, -0.2) is 44.0 Å². The zero-order chi connectivity index (χ0) is 18.6. The number of hydrogen-bond acceptors (Lipinski definition) is 5. The maximum absolute atomic E-state index is 12.9. The molecular weight excluding hydrogens is 354 g/mol. The molecule has 0 aliphatic carbocycles. The second-order valence-corrected chi connectivity index (χ2v) is 8.65. The van der Waals surface area contributed by atoms with Crippen LogP contribution in [0, 0.1) is 5.92 Å². The number of carbonyl (C=O) groups excluding carboxylic acids is 1. The minimum Gasteiger partial charge on any atom is -0.381 e. The first-order valence-electron chi connectivity index (χ1n) is 8.62. The highest BCUT2D eigenvalue weighted by Crippen LogP contribution is 2.31. The van der Waals surface area contributed by atoms with Gasteiger partial charge in [0.15, 0.2) is 15.7 Å². The van der Waals surface area contributed by atoms with Gasteiger partial charge in [-0.1, -0.05) is 12.1 Å². The van der Waals surface area contributed by atoms with Gasteiger partial charge >= 0.3 is 0 Å². The Labute approximate surface area is 153 Å². The van der Waals surface area contributed by atoms with Gasteiger partial charge in [0.2, 0.25) is 5.91 Å². The highest BCUT2D eigenvalue weighted by Gasteiger charge is 2.27. The smallest absolute Gasteiger partial charge is 0.233 e. The molecule has 1 unspecified atom stereocenters. The van der Waals surface area contributed by atoms with Gasteiger partial charge in [0.1, 0.15) is 0 Å². The van der Waals surface area contributed by atoms with Crippen molar-refractivity contribution < 1.29 is 17.9 Å². The quantitative estimate of drug-likeness (QED) is 0.805. The number of rotatable bonds is 6. The number of hydrogen-bond donors (Lipinski definition) is 2. The van der Waals surface area contributed by atoms with Crippen LogP contribution in [0.25, 0.3) is 0 Å². The summed E-state index contributed by atoms with van der Waals surface area (Å²) in [5.41, 5.74) is 0.803. The Bertz CT molecular complexity index is 826. The Morgan fingerprint density at radius 1 is 1.27 bits per heavy atom. The fourth-order valence-corrected chi connectivity index (χ4v) is 3.83. The van der Waals surface area contributed by atoms with Crippen LogP contribution in [0.15, 0.2) is 41.4 Å². The average Bonchev–Trinajstić information content (AvgIpc) is 3.13. The van der Waals surface area contributed by atoms with E-state index < -0.39 is 9.84 Å². The molecule has 3 rings (SSSR count). The summed E-state index contributed by atoms with van der Waals surface area (Å²) in [5, 5.41) is 9.46. The molecule has 140 valence electrons. The lowest BCUT2D eigenvalue weighted by Gasteiger charge is -2.26. The van der Waals surface area contributed by atoms with E-state index in [-0.39, 0.29) is 16.7 Å². The number of carbonyl (C=O) groups is 1. The first-order chi connectivity index (χ1) is 12.4. The molecule has 1 fully saturated rings. The number of nitrogens with one attached hydrogen (secondary N) is 2. The summed E-state index contributed by atoms with van der Waals surface area (Å²) in [4.78, 5) is 13.1. The van der Waals surface area contributed by atoms with Crippen molar-refractivity contribution in [3.63, 3.8) is 0 Å². The van der Waals surface area contributed by atoms with Crippen LogP contribution in [0.4, 0.5) is 5.82 Å². The van der Waals surface area contributed by atoms with Gasteiger partial charge < -0.3 is 10.1 Å². The van der Waals surface area contributed by atoms with Gasteiger partial charge in [-0.3, -0.25) is 9.89 Å². The molecule has 0 saturated carbocycles. The average molecular weight is 377 g/mol. The van der Waals surface area contributed by atoms with Gasteiger partial charge in [-0.2, -0.15) is 5.10 Å². The monoisotopic (exact) mass is 377 g/mol. The third-order valence-corrected chi connectivity index (χ3v) is 5.82. The molecule has 2 N–H and O–H groups in total. The lowest BCUT2D eigenvalue weighted by molar-refractivity contribution is -0.118. The molecule has 8 heteroatoms. The van der Waals surface area contributed by atoms with Crippen LogP contribution in [0.3, 0.4) is 0 Å². The van der Waals surface area contributed by atoms with E-state index in [2.05, 4.69) is 15.5 Å². The van der Waals surface area contributed by atoms with Crippen LogP contribution in [0.1, 0.15) is 30.7 Å². The van der Waals surface area contributed by atoms with Gasteiger partial charge in [0.05, 0.1) is 10.8 Å². The van der Waals surface area contributed by atoms with E-state index in [1.807, 2.05) is 0 Å². The maximum Gasteiger partial charge on any atom is 0.233 e. The molecule has 1 atom stereocenters. The molecule has 1 aliphatic rings. The normalized spacial score (nSPS) is 17.0. The van der Waals surface area contributed by atoms with E-state index in [1.165, 1.54) is 6.26 Å². The van der Waals surface area contributed by atoms with Crippen molar-refractivity contribution in [1.29, 1.82) is 0 Å². The second-order valence-electron chi connectivity index (χ2n) is 6.63. The highest BCUT2D eigenvalue weighted by atomic mass is 32.2. The molecular formula is C18H23N3O4S. The molecule has 2 aromatic rings. The zero-order valence-corrected chi connectivity index (χ0v) is 15.5. The molecule has 0 radical (unpaired) electrons. The Morgan fingerprint density at radius 2 is 1.96 bits per heavy atom. The molecule has 1 aromatic carbocycles. The molecule has 1 saturated heterocycles. The number of anilines is 1. The number of ether oxygens (including phenoxy) is 1. The van der Waals surface area contributed by atoms with E-state index in [4.69, 9.17) is 4.74 Å². The minimum absolute atomic E-state index is 0.143. The number of aromatic nitrogens is 2. The molecule has 26 heavy (non-hydrogen) atoms. The first-order valence-corrected chi connectivity index (χ1v) is 10.5. The standard InChI is InChI=1S/C18H23N3O4S/c1-26(23,24)15-4-2-14(3-5-15)16(12-13-7-10-25-11-8-13)18(22)20-17-6-9-19-21-17/h2-6,9,13,16H,7-8,10-12H2,1H3,(H2,19,20,21,22). The third kappa shape index (κ3) is 4.70. The van der Waals surface area contributed by atoms with Crippen LogP contribution in [0.2, 0.25) is 0 Å². The molecule has 7 nitrogen and oxygen atoms in total. The minimum atomic E-state index is -3.26. The number of nitrogens with zero attached hydrogens (tertiary/aromatic N) is 1. The van der Waals surface area contributed by atoms with Crippen molar-refractivity contribution in [2.24, 2.45) is 5.92 Å². The largest absolute Gasteiger partial charge is 0.381 e. The van der Waals surface area contributed by atoms with Crippen molar-refractivity contribution in [3.05, 3.63) is 42.1 Å². The summed E-state index contributed by atoms with van der Waals surface area (Å²) in [5.74, 6) is 0.354. The number of benzene rings is 1. The summed E-state index contributed by atoms with van der Waals surface area (Å²) in [6, 6.07) is 8.26. The van der Waals surface area contributed by atoms with Crippen molar-refractivity contribution in [2.45, 2.75) is 30.1 Å². The molecule has 1 aliphatic heterocycles. The summed E-state index contributed by atoms with van der Waals surface area (Å²) in [6.07, 6.45) is 5.36. The summed E-state index contributed by atoms with van der Waals surface area (Å²) in [6.45, 7) is 1.43. The SMILES string of the molecule is CS(=O)(=O)c1ccc(C(CC2CCOCC2)C(=O)Nc2cc[nH]n2)cc1. The highest BCUT2D eigenvalue weighted by molar-refractivity contribution is 7.90. The number of aromatic amines is 1. The predicted octanol–water partition coefficient (Wildman–Crippen LogP) is 2.35. The molecule has 1 amide bonds. The summed E-state index contributed by atoms with van der Waals surface area (Å²) in [7, 11) is -3.26. The van der Waals surface area contributed by atoms with E-state index in [0.717, 1.165) is 18.4 Å². The number of H-pyrrole nitrogens is 1. The van der Waals surface area contributed by atoms with E-state index in [0.29, 0.717) is 31.4 Å². The van der Waals surface area contributed by atoms with Crippen molar-refractivity contribution in [1.82, 2.24) is 10.2 Å². The Hall–Kier alpha value is -2.19. The van der Waals surface area contributed by atoms with Crippen molar-refractivity contribution >= 4 is 21.6 Å². The summed E-state index contributed by atoms with van der Waals surface area (Å²) < 4.78 is 28.7. The van der Waals surface area contributed by atoms with Gasteiger partial charge in [0.25, 0.3) is 0 Å². The van der Waals surface area contributed by atoms with Crippen LogP contribution in [0.5, 0.6) is 0 Å². The second kappa shape index (κ2) is 8.01. The van der Waals surface area contributed by atoms with Crippen LogP contribution in [-0.2, 0) is 19.4 Å². The number of sulfone groups is 1. The van der Waals surface area contributed by atoms with Crippen molar-refractivity contribution in [2.75, 3.05) is 24.8 Å². The lowest BCUT2D eigenvalue weighted by atomic mass is 9.84. The van der Waals surface area contributed by atoms with Gasteiger partial charge in [0, 0.05) is 31.7 Å². The van der Waals surface area contributed by atoms with Crippen molar-refractivity contribution in [3.8, 4) is 0 Å². The molecule has 0 bridgehead atoms. The van der Waals surface area contributed by atoms with Gasteiger partial charge in [-0.15, -0.1) is 0 Å². The van der Waals surface area contributed by atoms with Gasteiger partial charge in [-0.25, -0.2) is 8.42 Å². The van der Waals surface area contributed by atoms with Gasteiger partial charge in [-0.05, 0) is 42.9 Å². The van der Waals surface area contributed by atoms with E-state index >= 15 is 0 Å². The predicted molar refractivity (Wildman–Crippen MR) is 97.7 cm³/mol. The van der Waals surface area contributed by atoms with Crippen LogP contribution >= 0.6 is 0 Å². The fraction of sp³-hybridized carbons (Fsp3) is 0.444.